The zero-order valence-electron chi connectivity index (χ0n) is 5.34. The smallest absolute Gasteiger partial charge is 0.169 e. The Balaban J connectivity index is 2.67. The number of hydrogen-bond donors (Lipinski definition) is 0. The average molecular weight is 173 g/mol. The van der Waals surface area contributed by atoms with Crippen molar-refractivity contribution in [3.63, 3.8) is 0 Å². The largest absolute Gasteiger partial charge is 0.407 e. The van der Waals surface area contributed by atoms with Crippen molar-refractivity contribution in [3.8, 4) is 0 Å². The fourth-order valence-electron chi connectivity index (χ4n) is 1.22. The van der Waals surface area contributed by atoms with Crippen LogP contribution in [0.4, 0.5) is 13.2 Å². The molecule has 1 rings (SSSR count). The molecular formula is C6H8ClF3. The molecule has 1 aliphatic carbocycles. The van der Waals surface area contributed by atoms with E-state index in [1.807, 2.05) is 0 Å². The first-order chi connectivity index (χ1) is 4.46. The second-order valence-corrected chi connectivity index (χ2v) is 3.39. The van der Waals surface area contributed by atoms with Crippen LogP contribution >= 0.6 is 11.6 Å². The summed E-state index contributed by atoms with van der Waals surface area (Å²) in [5, 5.41) is 0. The van der Waals surface area contributed by atoms with Gasteiger partial charge >= 0.3 is 6.18 Å². The third-order valence-electron chi connectivity index (χ3n) is 1.90. The maximum atomic E-state index is 12.0. The molecule has 0 aromatic rings. The molecule has 60 valence electrons. The Morgan fingerprint density at radius 3 is 1.70 bits per heavy atom. The lowest BCUT2D eigenvalue weighted by Crippen LogP contribution is -2.36. The standard InChI is InChI=1S/C6H8ClF3/c7-5(6(8,9)10)3-1-2-4-5/h1-4H2. The van der Waals surface area contributed by atoms with Crippen molar-refractivity contribution in [2.45, 2.75) is 36.7 Å². The minimum atomic E-state index is -4.22. The van der Waals surface area contributed by atoms with Crippen LogP contribution in [0.3, 0.4) is 0 Å². The van der Waals surface area contributed by atoms with Gasteiger partial charge in [-0.2, -0.15) is 13.2 Å². The van der Waals surface area contributed by atoms with E-state index >= 15 is 0 Å². The SMILES string of the molecule is FC(F)(F)C1(Cl)CCCC1. The summed E-state index contributed by atoms with van der Waals surface area (Å²) in [6.07, 6.45) is -2.85. The van der Waals surface area contributed by atoms with Gasteiger partial charge in [-0.1, -0.05) is 12.8 Å². The van der Waals surface area contributed by atoms with Gasteiger partial charge in [0.25, 0.3) is 0 Å². The Kier molecular flexibility index (Phi) is 1.88. The molecule has 0 unspecified atom stereocenters. The monoisotopic (exact) mass is 172 g/mol. The van der Waals surface area contributed by atoms with Crippen LogP contribution in [0.15, 0.2) is 0 Å². The van der Waals surface area contributed by atoms with E-state index in [1.54, 1.807) is 0 Å². The predicted octanol–water partition coefficient (Wildman–Crippen LogP) is 3.10. The van der Waals surface area contributed by atoms with Crippen molar-refractivity contribution in [2.75, 3.05) is 0 Å². The van der Waals surface area contributed by atoms with Crippen molar-refractivity contribution < 1.29 is 13.2 Å². The first-order valence-electron chi connectivity index (χ1n) is 3.21. The fourth-order valence-corrected chi connectivity index (χ4v) is 1.49. The van der Waals surface area contributed by atoms with Gasteiger partial charge in [-0.15, -0.1) is 11.6 Å². The van der Waals surface area contributed by atoms with Gasteiger partial charge in [-0.05, 0) is 12.8 Å². The molecular weight excluding hydrogens is 165 g/mol. The maximum absolute atomic E-state index is 12.0. The van der Waals surface area contributed by atoms with Crippen LogP contribution in [-0.4, -0.2) is 11.1 Å². The molecule has 0 bridgehead atoms. The third-order valence-corrected chi connectivity index (χ3v) is 2.50. The summed E-state index contributed by atoms with van der Waals surface area (Å²) in [4.78, 5) is -1.90. The van der Waals surface area contributed by atoms with Crippen molar-refractivity contribution >= 4 is 11.6 Å². The van der Waals surface area contributed by atoms with Gasteiger partial charge in [0.2, 0.25) is 0 Å². The summed E-state index contributed by atoms with van der Waals surface area (Å²) in [7, 11) is 0. The van der Waals surface area contributed by atoms with Crippen LogP contribution in [0.1, 0.15) is 25.7 Å². The molecule has 1 fully saturated rings. The van der Waals surface area contributed by atoms with Gasteiger partial charge in [0.05, 0.1) is 0 Å². The summed E-state index contributed by atoms with van der Waals surface area (Å²) in [6.45, 7) is 0. The molecule has 0 atom stereocenters. The van der Waals surface area contributed by atoms with Crippen LogP contribution in [0, 0.1) is 0 Å². The highest BCUT2D eigenvalue weighted by atomic mass is 35.5. The predicted molar refractivity (Wildman–Crippen MR) is 33.1 cm³/mol. The molecule has 0 aromatic carbocycles. The fraction of sp³-hybridized carbons (Fsp3) is 1.00. The quantitative estimate of drug-likeness (QED) is 0.493. The summed E-state index contributed by atoms with van der Waals surface area (Å²) in [6, 6.07) is 0. The van der Waals surface area contributed by atoms with E-state index < -0.39 is 11.1 Å². The normalized spacial score (nSPS) is 25.2. The molecule has 0 nitrogen and oxygen atoms in total. The number of halogens is 4. The summed E-state index contributed by atoms with van der Waals surface area (Å²) in [5.41, 5.74) is 0. The maximum Gasteiger partial charge on any atom is 0.407 e. The van der Waals surface area contributed by atoms with Crippen LogP contribution < -0.4 is 0 Å². The Morgan fingerprint density at radius 1 is 1.10 bits per heavy atom. The highest BCUT2D eigenvalue weighted by Gasteiger charge is 2.54. The topological polar surface area (TPSA) is 0 Å². The molecule has 0 radical (unpaired) electrons. The minimum absolute atomic E-state index is 0.0814. The molecule has 0 saturated heterocycles. The minimum Gasteiger partial charge on any atom is -0.169 e. The van der Waals surface area contributed by atoms with Gasteiger partial charge < -0.3 is 0 Å². The molecule has 0 amide bonds. The Hall–Kier alpha value is 0.0800. The highest BCUT2D eigenvalue weighted by molar-refractivity contribution is 6.24. The summed E-state index contributed by atoms with van der Waals surface area (Å²) in [5.74, 6) is 0. The first kappa shape index (κ1) is 8.18. The average Bonchev–Trinajstić information content (AvgIpc) is 2.13. The molecule has 0 heterocycles. The lowest BCUT2D eigenvalue weighted by Gasteiger charge is -2.23. The van der Waals surface area contributed by atoms with E-state index in [1.165, 1.54) is 0 Å². The van der Waals surface area contributed by atoms with Crippen molar-refractivity contribution in [1.82, 2.24) is 0 Å². The third kappa shape index (κ3) is 1.24. The highest BCUT2D eigenvalue weighted by Crippen LogP contribution is 2.47. The Labute approximate surface area is 62.4 Å². The van der Waals surface area contributed by atoms with Crippen molar-refractivity contribution in [1.29, 1.82) is 0 Å². The van der Waals surface area contributed by atoms with Gasteiger partial charge in [0.1, 0.15) is 4.87 Å². The molecule has 1 aliphatic rings. The Bertz CT molecular complexity index is 123. The second kappa shape index (κ2) is 2.29. The van der Waals surface area contributed by atoms with Crippen LogP contribution in [-0.2, 0) is 0 Å². The molecule has 0 aromatic heterocycles. The van der Waals surface area contributed by atoms with Gasteiger partial charge in [0.15, 0.2) is 0 Å². The van der Waals surface area contributed by atoms with E-state index in [0.717, 1.165) is 0 Å². The number of hydrogen-bond acceptors (Lipinski definition) is 0. The van der Waals surface area contributed by atoms with E-state index in [9.17, 15) is 13.2 Å². The molecule has 1 saturated carbocycles. The van der Waals surface area contributed by atoms with E-state index in [2.05, 4.69) is 0 Å². The van der Waals surface area contributed by atoms with Gasteiger partial charge in [0, 0.05) is 0 Å². The zero-order chi connectivity index (χ0) is 7.83. The zero-order valence-corrected chi connectivity index (χ0v) is 6.10. The van der Waals surface area contributed by atoms with E-state index in [0.29, 0.717) is 12.8 Å². The Morgan fingerprint density at radius 2 is 1.50 bits per heavy atom. The van der Waals surface area contributed by atoms with E-state index in [4.69, 9.17) is 11.6 Å². The lowest BCUT2D eigenvalue weighted by molar-refractivity contribution is -0.160. The molecule has 10 heavy (non-hydrogen) atoms. The summed E-state index contributed by atoms with van der Waals surface area (Å²) >= 11 is 5.32. The molecule has 0 spiro atoms. The van der Waals surface area contributed by atoms with Crippen LogP contribution in [0.5, 0.6) is 0 Å². The van der Waals surface area contributed by atoms with E-state index in [-0.39, 0.29) is 12.8 Å². The van der Waals surface area contributed by atoms with Gasteiger partial charge in [-0.25, -0.2) is 0 Å². The second-order valence-electron chi connectivity index (χ2n) is 2.67. The number of alkyl halides is 4. The van der Waals surface area contributed by atoms with Crippen molar-refractivity contribution in [2.24, 2.45) is 0 Å². The molecule has 4 heteroatoms. The van der Waals surface area contributed by atoms with Crippen LogP contribution in [0.25, 0.3) is 0 Å². The molecule has 0 aliphatic heterocycles. The van der Waals surface area contributed by atoms with Crippen LogP contribution in [0.2, 0.25) is 0 Å². The number of rotatable bonds is 0. The lowest BCUT2D eigenvalue weighted by atomic mass is 10.1. The van der Waals surface area contributed by atoms with Gasteiger partial charge in [-0.3, -0.25) is 0 Å². The van der Waals surface area contributed by atoms with Crippen molar-refractivity contribution in [3.05, 3.63) is 0 Å². The molecule has 0 N–H and O–H groups in total. The summed E-state index contributed by atoms with van der Waals surface area (Å²) < 4.78 is 36.0. The first-order valence-corrected chi connectivity index (χ1v) is 3.59.